The molecule has 0 aliphatic heterocycles. The van der Waals surface area contributed by atoms with E-state index >= 15 is 0 Å². The van der Waals surface area contributed by atoms with Gasteiger partial charge >= 0.3 is 0 Å². The third kappa shape index (κ3) is 2.17. The standard InChI is InChI=1S/C13H12N4S/c1-9-7-18-8-10(9)6-16-12-3-2-11-13(17-12)15-5-4-14-11/h2-5,7-8H,6H2,1H3,(H,15,16,17). The van der Waals surface area contributed by atoms with E-state index in [-0.39, 0.29) is 0 Å². The van der Waals surface area contributed by atoms with Crippen molar-refractivity contribution >= 4 is 28.3 Å². The maximum atomic E-state index is 4.42. The van der Waals surface area contributed by atoms with Gasteiger partial charge in [0.15, 0.2) is 5.65 Å². The van der Waals surface area contributed by atoms with E-state index in [4.69, 9.17) is 0 Å². The average Bonchev–Trinajstić information content (AvgIpc) is 2.82. The molecule has 0 spiro atoms. The Balaban J connectivity index is 1.81. The number of nitrogens with zero attached hydrogens (tertiary/aromatic N) is 3. The number of nitrogens with one attached hydrogen (secondary N) is 1. The number of fused-ring (bicyclic) bond motifs is 1. The first-order chi connectivity index (χ1) is 8.83. The molecule has 0 atom stereocenters. The highest BCUT2D eigenvalue weighted by molar-refractivity contribution is 7.08. The van der Waals surface area contributed by atoms with E-state index in [2.05, 4.69) is 38.0 Å². The first kappa shape index (κ1) is 11.1. The van der Waals surface area contributed by atoms with Crippen molar-refractivity contribution in [2.45, 2.75) is 13.5 Å². The molecule has 0 aromatic carbocycles. The molecule has 0 unspecified atom stereocenters. The monoisotopic (exact) mass is 256 g/mol. The molecule has 0 aliphatic rings. The lowest BCUT2D eigenvalue weighted by atomic mass is 10.2. The second-order valence-corrected chi connectivity index (χ2v) is 4.77. The van der Waals surface area contributed by atoms with Crippen molar-refractivity contribution < 1.29 is 0 Å². The molecule has 3 heterocycles. The predicted octanol–water partition coefficient (Wildman–Crippen LogP) is 3.01. The molecule has 18 heavy (non-hydrogen) atoms. The van der Waals surface area contributed by atoms with Gasteiger partial charge in [0.05, 0.1) is 0 Å². The smallest absolute Gasteiger partial charge is 0.180 e. The summed E-state index contributed by atoms with van der Waals surface area (Å²) in [5.41, 5.74) is 4.11. The van der Waals surface area contributed by atoms with Crippen molar-refractivity contribution in [2.75, 3.05) is 5.32 Å². The molecular formula is C13H12N4S. The van der Waals surface area contributed by atoms with Gasteiger partial charge in [-0.2, -0.15) is 11.3 Å². The van der Waals surface area contributed by atoms with E-state index in [1.165, 1.54) is 11.1 Å². The van der Waals surface area contributed by atoms with Crippen molar-refractivity contribution in [2.24, 2.45) is 0 Å². The third-order valence-corrected chi connectivity index (χ3v) is 3.66. The summed E-state index contributed by atoms with van der Waals surface area (Å²) in [5.74, 6) is 0.827. The minimum Gasteiger partial charge on any atom is -0.366 e. The van der Waals surface area contributed by atoms with Crippen LogP contribution in [0.15, 0.2) is 35.3 Å². The lowest BCUT2D eigenvalue weighted by molar-refractivity contribution is 1.10. The van der Waals surface area contributed by atoms with Gasteiger partial charge in [-0.05, 0) is 40.9 Å². The van der Waals surface area contributed by atoms with Crippen molar-refractivity contribution in [1.82, 2.24) is 15.0 Å². The van der Waals surface area contributed by atoms with E-state index in [1.54, 1.807) is 23.7 Å². The van der Waals surface area contributed by atoms with E-state index in [9.17, 15) is 0 Å². The number of anilines is 1. The Morgan fingerprint density at radius 1 is 1.17 bits per heavy atom. The molecular weight excluding hydrogens is 244 g/mol. The van der Waals surface area contributed by atoms with E-state index in [1.807, 2.05) is 12.1 Å². The lowest BCUT2D eigenvalue weighted by Crippen LogP contribution is -2.02. The fraction of sp³-hybridized carbons (Fsp3) is 0.154. The molecule has 0 fully saturated rings. The van der Waals surface area contributed by atoms with Gasteiger partial charge in [0.2, 0.25) is 0 Å². The Hall–Kier alpha value is -2.01. The van der Waals surface area contributed by atoms with Crippen LogP contribution in [0.25, 0.3) is 11.2 Å². The maximum absolute atomic E-state index is 4.42. The molecule has 0 saturated heterocycles. The fourth-order valence-electron chi connectivity index (χ4n) is 1.71. The Morgan fingerprint density at radius 3 is 2.89 bits per heavy atom. The van der Waals surface area contributed by atoms with Gasteiger partial charge in [0.1, 0.15) is 11.3 Å². The zero-order chi connectivity index (χ0) is 12.4. The average molecular weight is 256 g/mol. The summed E-state index contributed by atoms with van der Waals surface area (Å²) in [6, 6.07) is 3.86. The number of hydrogen-bond acceptors (Lipinski definition) is 5. The molecule has 0 radical (unpaired) electrons. The van der Waals surface area contributed by atoms with Crippen LogP contribution in [0.1, 0.15) is 11.1 Å². The minimum atomic E-state index is 0.671. The summed E-state index contributed by atoms with van der Waals surface area (Å²) in [7, 11) is 0. The highest BCUT2D eigenvalue weighted by Gasteiger charge is 2.02. The quantitative estimate of drug-likeness (QED) is 0.782. The fourth-order valence-corrected chi connectivity index (χ4v) is 2.56. The van der Waals surface area contributed by atoms with Crippen LogP contribution in [-0.4, -0.2) is 15.0 Å². The first-order valence-electron chi connectivity index (χ1n) is 5.66. The summed E-state index contributed by atoms with van der Waals surface area (Å²) in [5, 5.41) is 7.61. The second kappa shape index (κ2) is 4.70. The topological polar surface area (TPSA) is 50.7 Å². The van der Waals surface area contributed by atoms with Crippen molar-refractivity contribution in [3.8, 4) is 0 Å². The molecule has 3 aromatic rings. The Labute approximate surface area is 109 Å². The minimum absolute atomic E-state index is 0.671. The molecule has 5 heteroatoms. The molecule has 1 N–H and O–H groups in total. The van der Waals surface area contributed by atoms with E-state index < -0.39 is 0 Å². The Morgan fingerprint density at radius 2 is 2.06 bits per heavy atom. The summed E-state index contributed by atoms with van der Waals surface area (Å²) in [6.45, 7) is 2.90. The predicted molar refractivity (Wildman–Crippen MR) is 73.7 cm³/mol. The molecule has 0 bridgehead atoms. The summed E-state index contributed by atoms with van der Waals surface area (Å²) >= 11 is 1.72. The van der Waals surface area contributed by atoms with Gasteiger partial charge < -0.3 is 5.32 Å². The molecule has 3 rings (SSSR count). The molecule has 0 amide bonds. The number of thiophene rings is 1. The number of rotatable bonds is 3. The summed E-state index contributed by atoms with van der Waals surface area (Å²) in [6.07, 6.45) is 3.33. The Bertz CT molecular complexity index is 677. The highest BCUT2D eigenvalue weighted by atomic mass is 32.1. The van der Waals surface area contributed by atoms with Crippen LogP contribution in [0.2, 0.25) is 0 Å². The van der Waals surface area contributed by atoms with Crippen molar-refractivity contribution in [3.63, 3.8) is 0 Å². The van der Waals surface area contributed by atoms with Gasteiger partial charge in [0.25, 0.3) is 0 Å². The molecule has 0 saturated carbocycles. The van der Waals surface area contributed by atoms with Crippen LogP contribution in [-0.2, 0) is 6.54 Å². The first-order valence-corrected chi connectivity index (χ1v) is 6.60. The zero-order valence-corrected chi connectivity index (χ0v) is 10.7. The van der Waals surface area contributed by atoms with Crippen molar-refractivity contribution in [3.05, 3.63) is 46.4 Å². The zero-order valence-electron chi connectivity index (χ0n) is 9.92. The van der Waals surface area contributed by atoms with Gasteiger partial charge in [-0.1, -0.05) is 0 Å². The number of hydrogen-bond donors (Lipinski definition) is 1. The number of aryl methyl sites for hydroxylation is 1. The van der Waals surface area contributed by atoms with Gasteiger partial charge in [0, 0.05) is 18.9 Å². The summed E-state index contributed by atoms with van der Waals surface area (Å²) < 4.78 is 0. The van der Waals surface area contributed by atoms with Crippen LogP contribution in [0.3, 0.4) is 0 Å². The van der Waals surface area contributed by atoms with Crippen molar-refractivity contribution in [1.29, 1.82) is 0 Å². The lowest BCUT2D eigenvalue weighted by Gasteiger charge is -2.05. The third-order valence-electron chi connectivity index (χ3n) is 2.75. The van der Waals surface area contributed by atoms with Crippen LogP contribution in [0.5, 0.6) is 0 Å². The largest absolute Gasteiger partial charge is 0.366 e. The molecule has 3 aromatic heterocycles. The van der Waals surface area contributed by atoms with Gasteiger partial charge in [-0.15, -0.1) is 0 Å². The Kier molecular flexibility index (Phi) is 2.90. The number of aromatic nitrogens is 3. The number of pyridine rings is 1. The van der Waals surface area contributed by atoms with Crippen LogP contribution in [0.4, 0.5) is 5.82 Å². The van der Waals surface area contributed by atoms with E-state index in [0.717, 1.165) is 17.9 Å². The van der Waals surface area contributed by atoms with Gasteiger partial charge in [-0.3, -0.25) is 4.98 Å². The normalized spacial score (nSPS) is 10.7. The molecule has 4 nitrogen and oxygen atoms in total. The van der Waals surface area contributed by atoms with E-state index in [0.29, 0.717) is 5.65 Å². The molecule has 0 aliphatic carbocycles. The second-order valence-electron chi connectivity index (χ2n) is 4.03. The van der Waals surface area contributed by atoms with Crippen LogP contribution >= 0.6 is 11.3 Å². The van der Waals surface area contributed by atoms with Crippen LogP contribution < -0.4 is 5.32 Å². The SMILES string of the molecule is Cc1cscc1CNc1ccc2nccnc2n1. The molecule has 90 valence electrons. The maximum Gasteiger partial charge on any atom is 0.180 e. The summed E-state index contributed by atoms with van der Waals surface area (Å²) in [4.78, 5) is 12.8. The van der Waals surface area contributed by atoms with Gasteiger partial charge in [-0.25, -0.2) is 9.97 Å². The highest BCUT2D eigenvalue weighted by Crippen LogP contribution is 2.16. The van der Waals surface area contributed by atoms with Crippen LogP contribution in [0, 0.1) is 6.92 Å².